The van der Waals surface area contributed by atoms with Crippen LogP contribution < -0.4 is 5.56 Å². The molecule has 0 bridgehead atoms. The maximum atomic E-state index is 10.5. The number of nitrogens with one attached hydrogen (secondary N) is 1. The lowest BCUT2D eigenvalue weighted by atomic mass is 10.7. The van der Waals surface area contributed by atoms with Crippen molar-refractivity contribution in [3.8, 4) is 0 Å². The van der Waals surface area contributed by atoms with Crippen LogP contribution in [0.2, 0.25) is 0 Å². The zero-order valence-electron chi connectivity index (χ0n) is 6.36. The van der Waals surface area contributed by atoms with Gasteiger partial charge in [-0.2, -0.15) is 0 Å². The zero-order valence-corrected chi connectivity index (χ0v) is 3.36. The van der Waals surface area contributed by atoms with Crippen LogP contribution >= 0.6 is 0 Å². The lowest BCUT2D eigenvalue weighted by Crippen LogP contribution is -2.00. The van der Waals surface area contributed by atoms with E-state index in [2.05, 4.69) is 4.98 Å². The molecule has 3 nitrogen and oxygen atoms in total. The van der Waals surface area contributed by atoms with E-state index < -0.39 is 17.8 Å². The third kappa shape index (κ3) is 0.855. The van der Waals surface area contributed by atoms with Gasteiger partial charge in [-0.15, -0.1) is 0 Å². The van der Waals surface area contributed by atoms with Crippen LogP contribution in [0, 0.1) is 0 Å². The van der Waals surface area contributed by atoms with Gasteiger partial charge in [0.1, 0.15) is 1.37 Å². The van der Waals surface area contributed by atoms with E-state index in [9.17, 15) is 4.79 Å². The Labute approximate surface area is 44.2 Å². The normalized spacial score (nSPS) is 14.6. The minimum absolute atomic E-state index is 0.383. The molecule has 0 amide bonds. The summed E-state index contributed by atoms with van der Waals surface area (Å²) in [5.74, 6) is 0. The standard InChI is InChI=1S/C4H4N2O/c7-4-1-2-5-3-6-4/h1-3H,(H,5,6,7)/i1D,2D,3D. The number of H-pyrrole nitrogens is 1. The fourth-order valence-corrected chi connectivity index (χ4v) is 0.217. The number of nitrogens with zero attached hydrogens (tertiary/aromatic N) is 1. The molecule has 0 aliphatic rings. The Bertz CT molecular complexity index is 308. The van der Waals surface area contributed by atoms with Crippen molar-refractivity contribution in [3.63, 3.8) is 0 Å². The molecule has 0 saturated carbocycles. The highest BCUT2D eigenvalue weighted by Crippen LogP contribution is 1.57. The summed E-state index contributed by atoms with van der Waals surface area (Å²) in [5, 5.41) is 0. The summed E-state index contributed by atoms with van der Waals surface area (Å²) in [6, 6.07) is -0.504. The molecule has 7 heavy (non-hydrogen) atoms. The Hall–Kier alpha value is -1.12. The molecule has 0 aromatic carbocycles. The van der Waals surface area contributed by atoms with E-state index in [1.165, 1.54) is 0 Å². The molecule has 0 aliphatic carbocycles. The molecule has 1 rings (SSSR count). The van der Waals surface area contributed by atoms with Gasteiger partial charge in [0.25, 0.3) is 5.56 Å². The Balaban J connectivity index is 3.46. The average Bonchev–Trinajstić information content (AvgIpc) is 1.82. The van der Waals surface area contributed by atoms with Crippen molar-refractivity contribution in [2.45, 2.75) is 0 Å². The highest BCUT2D eigenvalue weighted by Gasteiger charge is 1.70. The molecule has 3 heteroatoms. The molecule has 1 N–H and O–H groups in total. The monoisotopic (exact) mass is 99.1 g/mol. The molecule has 0 unspecified atom stereocenters. The maximum absolute atomic E-state index is 10.5. The zero-order chi connectivity index (χ0) is 7.72. The van der Waals surface area contributed by atoms with Crippen LogP contribution in [0.3, 0.4) is 0 Å². The topological polar surface area (TPSA) is 45.8 Å². The van der Waals surface area contributed by atoms with Gasteiger partial charge < -0.3 is 4.98 Å². The smallest absolute Gasteiger partial charge is 0.250 e. The van der Waals surface area contributed by atoms with E-state index in [0.717, 1.165) is 0 Å². The Morgan fingerprint density at radius 3 is 3.57 bits per heavy atom. The highest BCUT2D eigenvalue weighted by atomic mass is 16.1. The van der Waals surface area contributed by atoms with Crippen LogP contribution in [0.1, 0.15) is 4.11 Å². The van der Waals surface area contributed by atoms with Gasteiger partial charge in [-0.3, -0.25) is 4.79 Å². The van der Waals surface area contributed by atoms with E-state index in [1.807, 2.05) is 4.98 Å². The van der Waals surface area contributed by atoms with Gasteiger partial charge >= 0.3 is 0 Å². The van der Waals surface area contributed by atoms with E-state index in [0.29, 0.717) is 0 Å². The Kier molecular flexibility index (Phi) is 0.394. The first kappa shape index (κ1) is 1.78. The molecule has 0 radical (unpaired) electrons. The summed E-state index contributed by atoms with van der Waals surface area (Å²) < 4.78 is 20.5. The summed E-state index contributed by atoms with van der Waals surface area (Å²) in [6.07, 6.45) is -0.847. The van der Waals surface area contributed by atoms with Crippen LogP contribution in [0.15, 0.2) is 23.3 Å². The van der Waals surface area contributed by atoms with Gasteiger partial charge in [-0.25, -0.2) is 4.98 Å². The van der Waals surface area contributed by atoms with Crippen LogP contribution in [-0.4, -0.2) is 9.97 Å². The minimum atomic E-state index is -0.745. The number of hydrogen-bond acceptors (Lipinski definition) is 2. The molecule has 36 valence electrons. The third-order valence-corrected chi connectivity index (χ3v) is 0.451. The molecule has 1 aromatic heterocycles. The van der Waals surface area contributed by atoms with E-state index >= 15 is 0 Å². The van der Waals surface area contributed by atoms with Crippen LogP contribution in [-0.2, 0) is 0 Å². The first-order valence-electron chi connectivity index (χ1n) is 3.15. The second-order valence-electron chi connectivity index (χ2n) is 0.915. The molecule has 0 fully saturated rings. The summed E-state index contributed by atoms with van der Waals surface area (Å²) in [5.41, 5.74) is -0.745. The number of aromatic nitrogens is 2. The van der Waals surface area contributed by atoms with Crippen LogP contribution in [0.5, 0.6) is 0 Å². The summed E-state index contributed by atoms with van der Waals surface area (Å²) in [6.45, 7) is 0. The summed E-state index contributed by atoms with van der Waals surface area (Å²) in [7, 11) is 0. The molecule has 1 aromatic rings. The van der Waals surface area contributed by atoms with E-state index in [-0.39, 0.29) is 6.30 Å². The molecular formula is C4H4N2O. The molecular weight excluding hydrogens is 92.1 g/mol. The van der Waals surface area contributed by atoms with Crippen molar-refractivity contribution in [2.24, 2.45) is 0 Å². The first-order valence-corrected chi connectivity index (χ1v) is 1.65. The molecule has 1 heterocycles. The van der Waals surface area contributed by atoms with Crippen molar-refractivity contribution in [2.75, 3.05) is 0 Å². The van der Waals surface area contributed by atoms with E-state index in [4.69, 9.17) is 4.11 Å². The van der Waals surface area contributed by atoms with Gasteiger partial charge in [0.15, 0.2) is 0 Å². The molecule has 0 saturated heterocycles. The number of aromatic amines is 1. The Morgan fingerprint density at radius 2 is 2.86 bits per heavy atom. The summed E-state index contributed by atoms with van der Waals surface area (Å²) >= 11 is 0. The van der Waals surface area contributed by atoms with Gasteiger partial charge in [-0.05, 0) is 0 Å². The largest absolute Gasteiger partial charge is 0.313 e. The van der Waals surface area contributed by atoms with E-state index in [1.54, 1.807) is 0 Å². The SMILES string of the molecule is [2H]c1nc([2H])c([2H])c(=O)[nH]1. The maximum Gasteiger partial charge on any atom is 0.250 e. The number of rotatable bonds is 0. The predicted molar refractivity (Wildman–Crippen MR) is 24.9 cm³/mol. The van der Waals surface area contributed by atoms with Crippen molar-refractivity contribution < 1.29 is 4.11 Å². The van der Waals surface area contributed by atoms with Crippen molar-refractivity contribution in [1.82, 2.24) is 9.97 Å². The molecule has 0 spiro atoms. The lowest BCUT2D eigenvalue weighted by molar-refractivity contribution is 1.12. The Morgan fingerprint density at radius 1 is 2.00 bits per heavy atom. The van der Waals surface area contributed by atoms with Crippen LogP contribution in [0.4, 0.5) is 0 Å². The fourth-order valence-electron chi connectivity index (χ4n) is 0.217. The van der Waals surface area contributed by atoms with Crippen molar-refractivity contribution in [1.29, 1.82) is 0 Å². The van der Waals surface area contributed by atoms with Gasteiger partial charge in [-0.1, -0.05) is 0 Å². The average molecular weight is 99.1 g/mol. The fraction of sp³-hybridized carbons (Fsp3) is 0. The molecule has 0 aliphatic heterocycles. The van der Waals surface area contributed by atoms with Gasteiger partial charge in [0, 0.05) is 12.2 Å². The van der Waals surface area contributed by atoms with Crippen molar-refractivity contribution in [3.05, 3.63) is 28.9 Å². The number of hydrogen-bond donors (Lipinski definition) is 1. The van der Waals surface area contributed by atoms with Gasteiger partial charge in [0.2, 0.25) is 0 Å². The predicted octanol–water partition coefficient (Wildman–Crippen LogP) is -0.230. The first-order chi connectivity index (χ1) is 4.61. The van der Waals surface area contributed by atoms with Crippen molar-refractivity contribution >= 4 is 0 Å². The lowest BCUT2D eigenvalue weighted by Gasteiger charge is -1.73. The second kappa shape index (κ2) is 1.55. The second-order valence-corrected chi connectivity index (χ2v) is 0.915. The highest BCUT2D eigenvalue weighted by molar-refractivity contribution is 4.76. The third-order valence-electron chi connectivity index (χ3n) is 0.451. The van der Waals surface area contributed by atoms with Crippen LogP contribution in [0.25, 0.3) is 0 Å². The minimum Gasteiger partial charge on any atom is -0.313 e. The van der Waals surface area contributed by atoms with Gasteiger partial charge in [0.05, 0.1) is 9.04 Å². The summed E-state index contributed by atoms with van der Waals surface area (Å²) in [4.78, 5) is 15.7. The molecule has 0 atom stereocenters. The quantitative estimate of drug-likeness (QED) is 0.488.